The van der Waals surface area contributed by atoms with Crippen LogP contribution in [0.1, 0.15) is 12.0 Å². The molecule has 1 aliphatic rings. The molecule has 0 saturated carbocycles. The predicted molar refractivity (Wildman–Crippen MR) is 62.1 cm³/mol. The van der Waals surface area contributed by atoms with Gasteiger partial charge in [-0.15, -0.1) is 0 Å². The van der Waals surface area contributed by atoms with Crippen molar-refractivity contribution in [2.24, 2.45) is 5.73 Å². The van der Waals surface area contributed by atoms with Crippen LogP contribution in [-0.2, 0) is 6.42 Å². The molecule has 0 bridgehead atoms. The van der Waals surface area contributed by atoms with E-state index in [9.17, 15) is 0 Å². The molecule has 1 aromatic carbocycles. The molecule has 3 nitrogen and oxygen atoms in total. The minimum absolute atomic E-state index is 0.169. The second kappa shape index (κ2) is 3.84. The van der Waals surface area contributed by atoms with Crippen LogP contribution in [0, 0.1) is 0 Å². The average molecular weight is 207 g/mol. The van der Waals surface area contributed by atoms with Gasteiger partial charge in [0.05, 0.1) is 6.17 Å². The maximum atomic E-state index is 5.42. The van der Waals surface area contributed by atoms with E-state index in [0.717, 1.165) is 12.8 Å². The number of thiocarbonyl (C=S) groups is 1. The smallest absolute Gasteiger partial charge is 0.165 e. The monoisotopic (exact) mass is 207 g/mol. The Labute approximate surface area is 88.7 Å². The Bertz CT molecular complexity index is 351. The summed E-state index contributed by atoms with van der Waals surface area (Å²) in [7, 11) is 0. The van der Waals surface area contributed by atoms with Crippen LogP contribution >= 0.6 is 12.2 Å². The zero-order chi connectivity index (χ0) is 9.97. The average Bonchev–Trinajstić information content (AvgIpc) is 2.17. The van der Waals surface area contributed by atoms with Gasteiger partial charge in [-0.05, 0) is 36.7 Å². The number of hydrogen-bond donors (Lipinski definition) is 3. The molecule has 0 aromatic heterocycles. The first-order chi connectivity index (χ1) is 6.75. The number of para-hydroxylation sites is 1. The summed E-state index contributed by atoms with van der Waals surface area (Å²) < 4.78 is 0. The van der Waals surface area contributed by atoms with E-state index in [4.69, 9.17) is 18.0 Å². The minimum Gasteiger partial charge on any atom is -0.376 e. The highest BCUT2D eigenvalue weighted by Crippen LogP contribution is 2.22. The standard InChI is InChI=1S/C10H13N3S/c11-10(14)13-9-6-5-7-3-1-2-4-8(7)12-9/h1-4,9,12H,5-6H2,(H3,11,13,14). The Balaban J connectivity index is 2.09. The molecule has 4 N–H and O–H groups in total. The van der Waals surface area contributed by atoms with E-state index in [1.807, 2.05) is 6.07 Å². The normalized spacial score (nSPS) is 19.3. The molecule has 0 radical (unpaired) electrons. The molecule has 1 aromatic rings. The van der Waals surface area contributed by atoms with Gasteiger partial charge in [0.25, 0.3) is 0 Å². The van der Waals surface area contributed by atoms with E-state index >= 15 is 0 Å². The highest BCUT2D eigenvalue weighted by Gasteiger charge is 2.16. The Kier molecular flexibility index (Phi) is 2.54. The maximum Gasteiger partial charge on any atom is 0.165 e. The fourth-order valence-electron chi connectivity index (χ4n) is 1.72. The van der Waals surface area contributed by atoms with Gasteiger partial charge in [-0.1, -0.05) is 18.2 Å². The summed E-state index contributed by atoms with van der Waals surface area (Å²) in [5.41, 5.74) is 7.95. The molecule has 1 aliphatic heterocycles. The number of fused-ring (bicyclic) bond motifs is 1. The lowest BCUT2D eigenvalue weighted by Crippen LogP contribution is -2.45. The molecular formula is C10H13N3S. The summed E-state index contributed by atoms with van der Waals surface area (Å²) in [6, 6.07) is 8.29. The van der Waals surface area contributed by atoms with Crippen LogP contribution in [0.15, 0.2) is 24.3 Å². The van der Waals surface area contributed by atoms with Crippen molar-refractivity contribution in [1.29, 1.82) is 0 Å². The van der Waals surface area contributed by atoms with Crippen molar-refractivity contribution < 1.29 is 0 Å². The molecule has 0 saturated heterocycles. The van der Waals surface area contributed by atoms with Crippen LogP contribution in [0.2, 0.25) is 0 Å². The first-order valence-corrected chi connectivity index (χ1v) is 5.07. The zero-order valence-corrected chi connectivity index (χ0v) is 8.60. The number of benzene rings is 1. The second-order valence-corrected chi connectivity index (χ2v) is 3.84. The van der Waals surface area contributed by atoms with E-state index in [-0.39, 0.29) is 6.17 Å². The highest BCUT2D eigenvalue weighted by molar-refractivity contribution is 7.80. The van der Waals surface area contributed by atoms with Crippen molar-refractivity contribution in [1.82, 2.24) is 5.32 Å². The first-order valence-electron chi connectivity index (χ1n) is 4.66. The Morgan fingerprint density at radius 1 is 1.50 bits per heavy atom. The topological polar surface area (TPSA) is 50.1 Å². The predicted octanol–water partition coefficient (Wildman–Crippen LogP) is 1.20. The van der Waals surface area contributed by atoms with Gasteiger partial charge in [0.2, 0.25) is 0 Å². The van der Waals surface area contributed by atoms with E-state index in [2.05, 4.69) is 28.8 Å². The fraction of sp³-hybridized carbons (Fsp3) is 0.300. The minimum atomic E-state index is 0.169. The third-order valence-corrected chi connectivity index (χ3v) is 2.48. The summed E-state index contributed by atoms with van der Waals surface area (Å²) in [5.74, 6) is 0. The number of hydrogen-bond acceptors (Lipinski definition) is 2. The van der Waals surface area contributed by atoms with Crippen molar-refractivity contribution in [3.05, 3.63) is 29.8 Å². The molecule has 1 heterocycles. The van der Waals surface area contributed by atoms with E-state index in [1.165, 1.54) is 11.3 Å². The van der Waals surface area contributed by atoms with Crippen LogP contribution in [-0.4, -0.2) is 11.3 Å². The molecule has 0 aliphatic carbocycles. The van der Waals surface area contributed by atoms with Gasteiger partial charge in [0.1, 0.15) is 0 Å². The number of anilines is 1. The second-order valence-electron chi connectivity index (χ2n) is 3.40. The number of rotatable bonds is 1. The zero-order valence-electron chi connectivity index (χ0n) is 7.79. The largest absolute Gasteiger partial charge is 0.376 e. The van der Waals surface area contributed by atoms with Crippen LogP contribution in [0.4, 0.5) is 5.69 Å². The van der Waals surface area contributed by atoms with Crippen molar-refractivity contribution in [2.45, 2.75) is 19.0 Å². The van der Waals surface area contributed by atoms with Crippen LogP contribution in [0.5, 0.6) is 0 Å². The first kappa shape index (κ1) is 9.27. The van der Waals surface area contributed by atoms with Crippen molar-refractivity contribution in [2.75, 3.05) is 5.32 Å². The van der Waals surface area contributed by atoms with Crippen molar-refractivity contribution in [3.8, 4) is 0 Å². The lowest BCUT2D eigenvalue weighted by Gasteiger charge is -2.27. The molecule has 1 unspecified atom stereocenters. The third-order valence-electron chi connectivity index (χ3n) is 2.37. The van der Waals surface area contributed by atoms with E-state index in [0.29, 0.717) is 5.11 Å². The SMILES string of the molecule is NC(=S)NC1CCc2ccccc2N1. The maximum absolute atomic E-state index is 5.42. The molecule has 1 atom stereocenters. The van der Waals surface area contributed by atoms with Crippen molar-refractivity contribution >= 4 is 23.0 Å². The molecular weight excluding hydrogens is 194 g/mol. The van der Waals surface area contributed by atoms with Gasteiger partial charge in [-0.25, -0.2) is 0 Å². The highest BCUT2D eigenvalue weighted by atomic mass is 32.1. The molecule has 2 rings (SSSR count). The molecule has 0 amide bonds. The van der Waals surface area contributed by atoms with E-state index < -0.39 is 0 Å². The summed E-state index contributed by atoms with van der Waals surface area (Å²) in [4.78, 5) is 0. The van der Waals surface area contributed by atoms with Crippen LogP contribution in [0.25, 0.3) is 0 Å². The summed E-state index contributed by atoms with van der Waals surface area (Å²) in [5, 5.41) is 6.72. The van der Waals surface area contributed by atoms with Gasteiger partial charge in [-0.3, -0.25) is 0 Å². The fourth-order valence-corrected chi connectivity index (χ4v) is 1.86. The van der Waals surface area contributed by atoms with Crippen LogP contribution < -0.4 is 16.4 Å². The third kappa shape index (κ3) is 1.96. The number of nitrogens with one attached hydrogen (secondary N) is 2. The van der Waals surface area contributed by atoms with Crippen molar-refractivity contribution in [3.63, 3.8) is 0 Å². The molecule has 4 heteroatoms. The quantitative estimate of drug-likeness (QED) is 0.606. The number of aryl methyl sites for hydroxylation is 1. The van der Waals surface area contributed by atoms with Gasteiger partial charge < -0.3 is 16.4 Å². The molecule has 14 heavy (non-hydrogen) atoms. The summed E-state index contributed by atoms with van der Waals surface area (Å²) >= 11 is 4.80. The molecule has 0 spiro atoms. The summed E-state index contributed by atoms with van der Waals surface area (Å²) in [6.07, 6.45) is 2.24. The molecule has 0 fully saturated rings. The van der Waals surface area contributed by atoms with Gasteiger partial charge >= 0.3 is 0 Å². The van der Waals surface area contributed by atoms with Gasteiger partial charge in [0.15, 0.2) is 5.11 Å². The van der Waals surface area contributed by atoms with Gasteiger partial charge in [-0.2, -0.15) is 0 Å². The lowest BCUT2D eigenvalue weighted by molar-refractivity contribution is 0.602. The van der Waals surface area contributed by atoms with Crippen LogP contribution in [0.3, 0.4) is 0 Å². The Morgan fingerprint density at radius 3 is 3.07 bits per heavy atom. The lowest BCUT2D eigenvalue weighted by atomic mass is 10.0. The number of nitrogens with two attached hydrogens (primary N) is 1. The Hall–Kier alpha value is -1.29. The van der Waals surface area contributed by atoms with E-state index in [1.54, 1.807) is 0 Å². The molecule has 74 valence electrons. The Morgan fingerprint density at radius 2 is 2.29 bits per heavy atom. The summed E-state index contributed by atoms with van der Waals surface area (Å²) in [6.45, 7) is 0. The van der Waals surface area contributed by atoms with Gasteiger partial charge in [0, 0.05) is 5.69 Å².